The van der Waals surface area contributed by atoms with E-state index in [1.54, 1.807) is 0 Å². The van der Waals surface area contributed by atoms with Crippen LogP contribution in [0.1, 0.15) is 87.0 Å². The van der Waals surface area contributed by atoms with Crippen LogP contribution in [0, 0.1) is 5.41 Å². The molecule has 0 aliphatic heterocycles. The minimum absolute atomic E-state index is 0.111. The van der Waals surface area contributed by atoms with Crippen molar-refractivity contribution in [3.05, 3.63) is 0 Å². The van der Waals surface area contributed by atoms with Crippen LogP contribution in [0.5, 0.6) is 0 Å². The molecule has 134 valence electrons. The minimum atomic E-state index is -0.954. The molecule has 3 nitrogen and oxygen atoms in total. The Morgan fingerprint density at radius 1 is 0.818 bits per heavy atom. The lowest BCUT2D eigenvalue weighted by Gasteiger charge is -2.38. The number of quaternary nitrogens is 1. The molecule has 0 N–H and O–H groups in total. The van der Waals surface area contributed by atoms with Crippen LogP contribution in [0.2, 0.25) is 0 Å². The molecule has 0 aromatic carbocycles. The van der Waals surface area contributed by atoms with Gasteiger partial charge in [0.1, 0.15) is 0 Å². The Kier molecular flexibility index (Phi) is 13.9. The monoisotopic (exact) mass is 315 g/mol. The van der Waals surface area contributed by atoms with Gasteiger partial charge in [-0.15, -0.1) is 0 Å². The van der Waals surface area contributed by atoms with Crippen LogP contribution < -0.4 is 5.11 Å². The van der Waals surface area contributed by atoms with Gasteiger partial charge in [0.2, 0.25) is 0 Å². The highest BCUT2D eigenvalue weighted by Crippen LogP contribution is 2.19. The van der Waals surface area contributed by atoms with Gasteiger partial charge in [0.05, 0.1) is 26.2 Å². The molecular weight excluding hydrogens is 274 g/mol. The van der Waals surface area contributed by atoms with E-state index in [-0.39, 0.29) is 11.8 Å². The number of rotatable bonds is 10. The first-order chi connectivity index (χ1) is 10.2. The van der Waals surface area contributed by atoms with Crippen molar-refractivity contribution in [1.29, 1.82) is 0 Å². The molecule has 0 spiro atoms. The van der Waals surface area contributed by atoms with E-state index < -0.39 is 5.97 Å². The van der Waals surface area contributed by atoms with Crippen molar-refractivity contribution in [2.75, 3.05) is 26.2 Å². The van der Waals surface area contributed by atoms with Gasteiger partial charge in [0, 0.05) is 5.97 Å². The molecule has 0 saturated carbocycles. The van der Waals surface area contributed by atoms with Gasteiger partial charge in [-0.25, -0.2) is 0 Å². The van der Waals surface area contributed by atoms with Crippen molar-refractivity contribution < 1.29 is 14.4 Å². The van der Waals surface area contributed by atoms with Crippen LogP contribution in [0.15, 0.2) is 0 Å². The van der Waals surface area contributed by atoms with Crippen LogP contribution in [0.3, 0.4) is 0 Å². The Balaban J connectivity index is 0. The van der Waals surface area contributed by atoms with Crippen LogP contribution in [0.4, 0.5) is 0 Å². The molecule has 0 bridgehead atoms. The maximum Gasteiger partial charge on any atom is 0.0783 e. The van der Waals surface area contributed by atoms with E-state index >= 15 is 0 Å². The summed E-state index contributed by atoms with van der Waals surface area (Å²) in [7, 11) is 0. The fourth-order valence-electron chi connectivity index (χ4n) is 3.05. The quantitative estimate of drug-likeness (QED) is 0.572. The lowest BCUT2D eigenvalue weighted by atomic mass is 9.91. The fourth-order valence-corrected chi connectivity index (χ4v) is 3.05. The first-order valence-corrected chi connectivity index (χ1v) is 9.21. The van der Waals surface area contributed by atoms with E-state index in [0.29, 0.717) is 6.42 Å². The molecular formula is C19H41NO2. The largest absolute Gasteiger partial charge is 0.550 e. The zero-order valence-electron chi connectivity index (χ0n) is 16.3. The first-order valence-electron chi connectivity index (χ1n) is 9.21. The molecule has 0 amide bonds. The summed E-state index contributed by atoms with van der Waals surface area (Å²) in [5, 5.41) is 9.93. The SMILES string of the molecule is CC(C)(C)CCC(=O)[O-].CCC[N+](CCC)(CCC)CCC. The molecule has 0 aromatic rings. The molecule has 0 radical (unpaired) electrons. The number of hydrogen-bond acceptors (Lipinski definition) is 2. The van der Waals surface area contributed by atoms with Gasteiger partial charge in [0.25, 0.3) is 0 Å². The second-order valence-electron chi connectivity index (χ2n) is 7.67. The van der Waals surface area contributed by atoms with Crippen molar-refractivity contribution >= 4 is 5.97 Å². The highest BCUT2D eigenvalue weighted by Gasteiger charge is 2.22. The zero-order chi connectivity index (χ0) is 17.6. The molecule has 0 saturated heterocycles. The first kappa shape index (κ1) is 23.7. The van der Waals surface area contributed by atoms with Gasteiger partial charge < -0.3 is 14.4 Å². The topological polar surface area (TPSA) is 40.1 Å². The van der Waals surface area contributed by atoms with Gasteiger partial charge in [-0.05, 0) is 43.9 Å². The van der Waals surface area contributed by atoms with Crippen molar-refractivity contribution in [3.8, 4) is 0 Å². The Bertz CT molecular complexity index is 240. The van der Waals surface area contributed by atoms with E-state index in [1.807, 2.05) is 20.8 Å². The molecule has 0 rings (SSSR count). The molecule has 0 unspecified atom stereocenters. The highest BCUT2D eigenvalue weighted by atomic mass is 16.4. The van der Waals surface area contributed by atoms with Crippen LogP contribution in [-0.2, 0) is 4.79 Å². The number of carboxylic acid groups (broad SMARTS) is 1. The molecule has 3 heteroatoms. The van der Waals surface area contributed by atoms with Gasteiger partial charge in [0.15, 0.2) is 0 Å². The Morgan fingerprint density at radius 3 is 1.27 bits per heavy atom. The second kappa shape index (κ2) is 12.9. The Morgan fingerprint density at radius 2 is 1.14 bits per heavy atom. The van der Waals surface area contributed by atoms with Crippen LogP contribution in [-0.4, -0.2) is 36.6 Å². The summed E-state index contributed by atoms with van der Waals surface area (Å²) in [6, 6.07) is 0. The van der Waals surface area contributed by atoms with E-state index in [4.69, 9.17) is 0 Å². The van der Waals surface area contributed by atoms with Crippen LogP contribution >= 0.6 is 0 Å². The van der Waals surface area contributed by atoms with Gasteiger partial charge in [-0.1, -0.05) is 48.5 Å². The molecule has 0 heterocycles. The normalized spacial score (nSPS) is 11.8. The van der Waals surface area contributed by atoms with E-state index in [9.17, 15) is 9.90 Å². The molecule has 0 aromatic heterocycles. The molecule has 22 heavy (non-hydrogen) atoms. The third-order valence-corrected chi connectivity index (χ3v) is 3.87. The summed E-state index contributed by atoms with van der Waals surface area (Å²) in [5.41, 5.74) is 0.111. The van der Waals surface area contributed by atoms with E-state index in [1.165, 1.54) is 56.3 Å². The molecule has 0 aliphatic carbocycles. The van der Waals surface area contributed by atoms with E-state index in [0.717, 1.165) is 0 Å². The van der Waals surface area contributed by atoms with Gasteiger partial charge in [-0.2, -0.15) is 0 Å². The summed E-state index contributed by atoms with van der Waals surface area (Å²) in [5.74, 6) is -0.954. The lowest BCUT2D eigenvalue weighted by Crippen LogP contribution is -2.50. The molecule has 0 aliphatic rings. The summed E-state index contributed by atoms with van der Waals surface area (Å²) < 4.78 is 1.38. The average Bonchev–Trinajstić information content (AvgIpc) is 2.38. The Hall–Kier alpha value is -0.570. The van der Waals surface area contributed by atoms with Gasteiger partial charge in [-0.3, -0.25) is 0 Å². The summed E-state index contributed by atoms with van der Waals surface area (Å²) in [4.78, 5) is 9.93. The zero-order valence-corrected chi connectivity index (χ0v) is 16.3. The number of hydrogen-bond donors (Lipinski definition) is 0. The summed E-state index contributed by atoms with van der Waals surface area (Å²) >= 11 is 0. The summed E-state index contributed by atoms with van der Waals surface area (Å²) in [6.07, 6.45) is 6.19. The fraction of sp³-hybridized carbons (Fsp3) is 0.947. The standard InChI is InChI=1S/C12H28N.C7H14O2/c1-5-9-13(10-6-2,11-7-3)12-8-4;1-7(2,3)5-4-6(8)9/h5-12H2,1-4H3;4-5H2,1-3H3,(H,8,9)/q+1;/p-1. The predicted octanol–water partition coefficient (Wildman–Crippen LogP) is 4.01. The van der Waals surface area contributed by atoms with Crippen LogP contribution in [0.25, 0.3) is 0 Å². The maximum absolute atomic E-state index is 9.93. The second-order valence-corrected chi connectivity index (χ2v) is 7.67. The number of carbonyl (C=O) groups is 1. The number of nitrogens with zero attached hydrogens (tertiary/aromatic N) is 1. The highest BCUT2D eigenvalue weighted by molar-refractivity contribution is 5.64. The van der Waals surface area contributed by atoms with E-state index in [2.05, 4.69) is 27.7 Å². The number of carbonyl (C=O) groups excluding carboxylic acids is 1. The molecule has 0 atom stereocenters. The molecule has 0 fully saturated rings. The van der Waals surface area contributed by atoms with Crippen molar-refractivity contribution in [3.63, 3.8) is 0 Å². The van der Waals surface area contributed by atoms with Crippen molar-refractivity contribution in [2.45, 2.75) is 87.0 Å². The average molecular weight is 316 g/mol. The minimum Gasteiger partial charge on any atom is -0.550 e. The lowest BCUT2D eigenvalue weighted by molar-refractivity contribution is -0.928. The third kappa shape index (κ3) is 14.4. The number of aliphatic carboxylic acids is 1. The van der Waals surface area contributed by atoms with Gasteiger partial charge >= 0.3 is 0 Å². The predicted molar refractivity (Wildman–Crippen MR) is 94.6 cm³/mol. The summed E-state index contributed by atoms with van der Waals surface area (Å²) in [6.45, 7) is 20.8. The van der Waals surface area contributed by atoms with Crippen molar-refractivity contribution in [2.24, 2.45) is 5.41 Å². The van der Waals surface area contributed by atoms with Crippen molar-refractivity contribution in [1.82, 2.24) is 0 Å². The number of carboxylic acids is 1. The Labute approximate surface area is 139 Å². The maximum atomic E-state index is 9.93. The smallest absolute Gasteiger partial charge is 0.0783 e. The third-order valence-electron chi connectivity index (χ3n) is 3.87.